The molecule has 0 aliphatic carbocycles. The topological polar surface area (TPSA) is 47.0 Å². The molecule has 0 aromatic carbocycles. The van der Waals surface area contributed by atoms with Gasteiger partial charge in [0.25, 0.3) is 0 Å². The van der Waals surface area contributed by atoms with Crippen LogP contribution in [0.1, 0.15) is 5.56 Å². The maximum Gasteiger partial charge on any atom is 0.212 e. The minimum absolute atomic E-state index is 0.621. The van der Waals surface area contributed by atoms with Crippen molar-refractivity contribution in [1.82, 2.24) is 9.97 Å². The maximum absolute atomic E-state index is 5.00. The van der Waals surface area contributed by atoms with Crippen molar-refractivity contribution in [3.63, 3.8) is 0 Å². The average molecular weight is 294 g/mol. The van der Waals surface area contributed by atoms with Crippen molar-refractivity contribution < 1.29 is 4.74 Å². The Labute approximate surface area is 108 Å². The summed E-state index contributed by atoms with van der Waals surface area (Å²) >= 11 is 3.34. The van der Waals surface area contributed by atoms with Crippen LogP contribution in [-0.2, 0) is 6.54 Å². The van der Waals surface area contributed by atoms with E-state index in [0.717, 1.165) is 15.9 Å². The number of hydrogen-bond acceptors (Lipinski definition) is 4. The average Bonchev–Trinajstić information content (AvgIpc) is 2.39. The third-order valence-corrected chi connectivity index (χ3v) is 2.68. The Balaban J connectivity index is 1.95. The molecule has 17 heavy (non-hydrogen) atoms. The van der Waals surface area contributed by atoms with Gasteiger partial charge in [-0.3, -0.25) is 0 Å². The van der Waals surface area contributed by atoms with Crippen LogP contribution in [0.2, 0.25) is 0 Å². The van der Waals surface area contributed by atoms with Gasteiger partial charge in [-0.2, -0.15) is 0 Å². The van der Waals surface area contributed by atoms with Crippen molar-refractivity contribution in [2.75, 3.05) is 12.4 Å². The molecule has 0 unspecified atom stereocenters. The maximum atomic E-state index is 5.00. The number of aromatic nitrogens is 2. The highest BCUT2D eigenvalue weighted by molar-refractivity contribution is 9.10. The van der Waals surface area contributed by atoms with Crippen molar-refractivity contribution >= 4 is 21.7 Å². The molecule has 1 N–H and O–H groups in total. The van der Waals surface area contributed by atoms with Gasteiger partial charge < -0.3 is 10.1 Å². The quantitative estimate of drug-likeness (QED) is 0.942. The molecule has 0 aliphatic heterocycles. The fourth-order valence-electron chi connectivity index (χ4n) is 1.31. The van der Waals surface area contributed by atoms with E-state index in [0.29, 0.717) is 12.4 Å². The second kappa shape index (κ2) is 5.63. The van der Waals surface area contributed by atoms with Gasteiger partial charge in [-0.15, -0.1) is 0 Å². The number of halogens is 1. The summed E-state index contributed by atoms with van der Waals surface area (Å²) in [5, 5.41) is 3.21. The van der Waals surface area contributed by atoms with Gasteiger partial charge in [0.15, 0.2) is 0 Å². The minimum Gasteiger partial charge on any atom is -0.481 e. The summed E-state index contributed by atoms with van der Waals surface area (Å²) < 4.78 is 5.96. The molecule has 4 nitrogen and oxygen atoms in total. The number of rotatable bonds is 4. The van der Waals surface area contributed by atoms with Gasteiger partial charge in [0.2, 0.25) is 5.88 Å². The molecular weight excluding hydrogens is 282 g/mol. The van der Waals surface area contributed by atoms with E-state index in [1.807, 2.05) is 24.3 Å². The fraction of sp³-hybridized carbons (Fsp3) is 0.167. The Bertz CT molecular complexity index is 470. The molecule has 88 valence electrons. The molecule has 0 fully saturated rings. The summed E-state index contributed by atoms with van der Waals surface area (Å²) in [6.07, 6.45) is 3.54. The molecule has 0 saturated heterocycles. The van der Waals surface area contributed by atoms with Crippen LogP contribution >= 0.6 is 15.9 Å². The summed E-state index contributed by atoms with van der Waals surface area (Å²) in [6, 6.07) is 7.67. The van der Waals surface area contributed by atoms with Gasteiger partial charge in [0, 0.05) is 29.5 Å². The molecule has 0 bridgehead atoms. The molecule has 2 aromatic rings. The fourth-order valence-corrected chi connectivity index (χ4v) is 1.54. The van der Waals surface area contributed by atoms with Gasteiger partial charge in [0.05, 0.1) is 7.11 Å². The van der Waals surface area contributed by atoms with Crippen molar-refractivity contribution in [2.24, 2.45) is 0 Å². The first-order valence-corrected chi connectivity index (χ1v) is 5.91. The molecule has 0 amide bonds. The second-order valence-electron chi connectivity index (χ2n) is 3.42. The predicted molar refractivity (Wildman–Crippen MR) is 70.1 cm³/mol. The number of hydrogen-bond donors (Lipinski definition) is 1. The highest BCUT2D eigenvalue weighted by Gasteiger charge is 1.97. The van der Waals surface area contributed by atoms with Gasteiger partial charge in [0.1, 0.15) is 5.82 Å². The second-order valence-corrected chi connectivity index (χ2v) is 4.34. The molecule has 0 spiro atoms. The predicted octanol–water partition coefficient (Wildman–Crippen LogP) is 2.86. The van der Waals surface area contributed by atoms with Crippen LogP contribution in [0.5, 0.6) is 5.88 Å². The molecule has 0 saturated carbocycles. The van der Waals surface area contributed by atoms with Crippen molar-refractivity contribution in [3.05, 3.63) is 46.7 Å². The Morgan fingerprint density at radius 2 is 2.06 bits per heavy atom. The lowest BCUT2D eigenvalue weighted by Crippen LogP contribution is -2.01. The minimum atomic E-state index is 0.621. The molecular formula is C12H12BrN3O. The van der Waals surface area contributed by atoms with Gasteiger partial charge in [-0.25, -0.2) is 9.97 Å². The highest BCUT2D eigenvalue weighted by Crippen LogP contribution is 2.12. The van der Waals surface area contributed by atoms with E-state index in [4.69, 9.17) is 4.74 Å². The summed E-state index contributed by atoms with van der Waals surface area (Å²) in [6.45, 7) is 0.686. The Hall–Kier alpha value is -1.62. The molecule has 5 heteroatoms. The van der Waals surface area contributed by atoms with Crippen molar-refractivity contribution in [3.8, 4) is 5.88 Å². The van der Waals surface area contributed by atoms with Crippen molar-refractivity contribution in [2.45, 2.75) is 6.54 Å². The smallest absolute Gasteiger partial charge is 0.212 e. The zero-order valence-corrected chi connectivity index (χ0v) is 10.9. The first-order valence-electron chi connectivity index (χ1n) is 5.12. The lowest BCUT2D eigenvalue weighted by atomic mass is 10.3. The van der Waals surface area contributed by atoms with Crippen LogP contribution in [0, 0.1) is 0 Å². The molecule has 2 rings (SSSR count). The van der Waals surface area contributed by atoms with E-state index < -0.39 is 0 Å². The molecule has 0 radical (unpaired) electrons. The normalized spacial score (nSPS) is 10.0. The Kier molecular flexibility index (Phi) is 3.93. The molecule has 2 heterocycles. The molecule has 2 aromatic heterocycles. The van der Waals surface area contributed by atoms with E-state index >= 15 is 0 Å². The van der Waals surface area contributed by atoms with Crippen LogP contribution in [-0.4, -0.2) is 17.1 Å². The number of anilines is 1. The third-order valence-electron chi connectivity index (χ3n) is 2.21. The lowest BCUT2D eigenvalue weighted by Gasteiger charge is -2.05. The number of ether oxygens (including phenoxy) is 1. The molecule has 0 aliphatic rings. The van der Waals surface area contributed by atoms with Crippen LogP contribution in [0.4, 0.5) is 5.82 Å². The monoisotopic (exact) mass is 293 g/mol. The lowest BCUT2D eigenvalue weighted by molar-refractivity contribution is 0.397. The number of pyridine rings is 2. The zero-order chi connectivity index (χ0) is 12.1. The summed E-state index contributed by atoms with van der Waals surface area (Å²) in [5.41, 5.74) is 1.08. The summed E-state index contributed by atoms with van der Waals surface area (Å²) in [5.74, 6) is 1.46. The van der Waals surface area contributed by atoms with Crippen LogP contribution in [0.15, 0.2) is 41.1 Å². The highest BCUT2D eigenvalue weighted by atomic mass is 79.9. The van der Waals surface area contributed by atoms with E-state index in [1.165, 1.54) is 0 Å². The van der Waals surface area contributed by atoms with Crippen molar-refractivity contribution in [1.29, 1.82) is 0 Å². The van der Waals surface area contributed by atoms with Gasteiger partial charge >= 0.3 is 0 Å². The van der Waals surface area contributed by atoms with E-state index in [1.54, 1.807) is 19.5 Å². The first kappa shape index (κ1) is 11.9. The standard InChI is InChI=1S/C12H12BrN3O/c1-17-12-5-2-9(7-16-12)6-14-11-4-3-10(13)8-15-11/h2-5,7-8H,6H2,1H3,(H,14,15). The Morgan fingerprint density at radius 1 is 1.18 bits per heavy atom. The SMILES string of the molecule is COc1ccc(CNc2ccc(Br)cn2)cn1. The number of methoxy groups -OCH3 is 1. The first-order chi connectivity index (χ1) is 8.28. The third kappa shape index (κ3) is 3.42. The summed E-state index contributed by atoms with van der Waals surface area (Å²) in [4.78, 5) is 8.36. The summed E-state index contributed by atoms with van der Waals surface area (Å²) in [7, 11) is 1.60. The van der Waals surface area contributed by atoms with E-state index in [9.17, 15) is 0 Å². The van der Waals surface area contributed by atoms with Gasteiger partial charge in [-0.1, -0.05) is 6.07 Å². The largest absolute Gasteiger partial charge is 0.481 e. The number of nitrogens with zero attached hydrogens (tertiary/aromatic N) is 2. The van der Waals surface area contributed by atoms with E-state index in [2.05, 4.69) is 31.2 Å². The van der Waals surface area contributed by atoms with Crippen LogP contribution in [0.3, 0.4) is 0 Å². The Morgan fingerprint density at radius 3 is 2.65 bits per heavy atom. The molecule has 0 atom stereocenters. The van der Waals surface area contributed by atoms with Crippen LogP contribution < -0.4 is 10.1 Å². The van der Waals surface area contributed by atoms with E-state index in [-0.39, 0.29) is 0 Å². The zero-order valence-electron chi connectivity index (χ0n) is 9.35. The number of nitrogens with one attached hydrogen (secondary N) is 1. The van der Waals surface area contributed by atoms with Gasteiger partial charge in [-0.05, 0) is 33.6 Å². The van der Waals surface area contributed by atoms with Crippen LogP contribution in [0.25, 0.3) is 0 Å².